The average molecular weight is 362 g/mol. The van der Waals surface area contributed by atoms with Gasteiger partial charge in [-0.3, -0.25) is 4.72 Å². The van der Waals surface area contributed by atoms with Crippen molar-refractivity contribution < 1.29 is 18.3 Å². The lowest BCUT2D eigenvalue weighted by Gasteiger charge is -2.08. The van der Waals surface area contributed by atoms with Crippen LogP contribution in [-0.2, 0) is 10.0 Å². The molecule has 100 valence electrons. The van der Waals surface area contributed by atoms with Gasteiger partial charge in [0.05, 0.1) is 11.3 Å². The molecular weight excluding hydrogens is 354 g/mol. The van der Waals surface area contributed by atoms with Crippen LogP contribution < -0.4 is 4.72 Å². The van der Waals surface area contributed by atoms with E-state index in [1.807, 2.05) is 0 Å². The summed E-state index contributed by atoms with van der Waals surface area (Å²) in [5.74, 6) is -1.08. The zero-order chi connectivity index (χ0) is 14.0. The van der Waals surface area contributed by atoms with Crippen molar-refractivity contribution in [2.45, 2.75) is 4.21 Å². The summed E-state index contributed by atoms with van der Waals surface area (Å²) < 4.78 is 27.0. The molecule has 2 rings (SSSR count). The molecule has 0 fully saturated rings. The summed E-state index contributed by atoms with van der Waals surface area (Å²) in [4.78, 5) is 10.8. The third-order valence-corrected chi connectivity index (χ3v) is 5.64. The lowest BCUT2D eigenvalue weighted by Crippen LogP contribution is -2.12. The van der Waals surface area contributed by atoms with E-state index in [1.165, 1.54) is 24.3 Å². The molecule has 5 nitrogen and oxygen atoms in total. The number of hydrogen-bond donors (Lipinski definition) is 2. The number of nitrogens with one attached hydrogen (secondary N) is 1. The molecule has 0 bridgehead atoms. The van der Waals surface area contributed by atoms with E-state index in [0.29, 0.717) is 10.2 Å². The highest BCUT2D eigenvalue weighted by Gasteiger charge is 2.17. The highest BCUT2D eigenvalue weighted by molar-refractivity contribution is 9.10. The molecule has 0 radical (unpaired) electrons. The predicted octanol–water partition coefficient (Wildman–Crippen LogP) is 3.01. The Morgan fingerprint density at radius 1 is 1.32 bits per heavy atom. The van der Waals surface area contributed by atoms with E-state index in [-0.39, 0.29) is 9.77 Å². The van der Waals surface area contributed by atoms with E-state index in [0.717, 1.165) is 11.3 Å². The van der Waals surface area contributed by atoms with E-state index in [9.17, 15) is 13.2 Å². The normalized spacial score (nSPS) is 11.2. The van der Waals surface area contributed by atoms with Crippen LogP contribution in [0.25, 0.3) is 0 Å². The van der Waals surface area contributed by atoms with Gasteiger partial charge < -0.3 is 5.11 Å². The number of hydrogen-bond acceptors (Lipinski definition) is 4. The number of carboxylic acid groups (broad SMARTS) is 1. The molecule has 1 heterocycles. The zero-order valence-corrected chi connectivity index (χ0v) is 12.5. The minimum atomic E-state index is -3.63. The van der Waals surface area contributed by atoms with Crippen molar-refractivity contribution in [3.05, 3.63) is 45.7 Å². The summed E-state index contributed by atoms with van der Waals surface area (Å²) in [7, 11) is -3.63. The highest BCUT2D eigenvalue weighted by atomic mass is 79.9. The maximum atomic E-state index is 12.0. The van der Waals surface area contributed by atoms with Gasteiger partial charge in [0.2, 0.25) is 0 Å². The van der Waals surface area contributed by atoms with Gasteiger partial charge >= 0.3 is 5.97 Å². The van der Waals surface area contributed by atoms with Crippen LogP contribution >= 0.6 is 27.3 Å². The van der Waals surface area contributed by atoms with Crippen molar-refractivity contribution in [2.75, 3.05) is 4.72 Å². The Morgan fingerprint density at radius 3 is 2.58 bits per heavy atom. The number of anilines is 1. The molecule has 0 aliphatic heterocycles. The SMILES string of the molecule is O=C(O)c1ccc(NS(=O)(=O)c2cccs2)c(Br)c1. The Morgan fingerprint density at radius 2 is 2.05 bits per heavy atom. The van der Waals surface area contributed by atoms with Gasteiger partial charge in [0, 0.05) is 4.47 Å². The quantitative estimate of drug-likeness (QED) is 0.876. The number of halogens is 1. The minimum absolute atomic E-state index is 0.0750. The Labute approximate surface area is 122 Å². The van der Waals surface area contributed by atoms with E-state index >= 15 is 0 Å². The average Bonchev–Trinajstić information content (AvgIpc) is 2.85. The molecule has 1 aromatic carbocycles. The lowest BCUT2D eigenvalue weighted by atomic mass is 10.2. The van der Waals surface area contributed by atoms with E-state index in [1.54, 1.807) is 11.4 Å². The number of rotatable bonds is 4. The number of benzene rings is 1. The molecule has 0 saturated heterocycles. The molecule has 0 atom stereocenters. The molecule has 0 aliphatic rings. The minimum Gasteiger partial charge on any atom is -0.478 e. The first-order chi connectivity index (χ1) is 8.90. The van der Waals surface area contributed by atoms with Crippen LogP contribution in [-0.4, -0.2) is 19.5 Å². The third-order valence-electron chi connectivity index (χ3n) is 2.22. The Kier molecular flexibility index (Phi) is 3.93. The molecule has 0 spiro atoms. The fourth-order valence-electron chi connectivity index (χ4n) is 1.34. The van der Waals surface area contributed by atoms with Gasteiger partial charge in [-0.2, -0.15) is 0 Å². The number of carboxylic acids is 1. The first kappa shape index (κ1) is 14.0. The molecule has 0 amide bonds. The summed E-state index contributed by atoms with van der Waals surface area (Å²) in [6, 6.07) is 7.21. The van der Waals surface area contributed by atoms with Gasteiger partial charge in [0.1, 0.15) is 4.21 Å². The van der Waals surface area contributed by atoms with Gasteiger partial charge in [0.15, 0.2) is 0 Å². The third kappa shape index (κ3) is 3.14. The maximum Gasteiger partial charge on any atom is 0.335 e. The number of carbonyl (C=O) groups is 1. The largest absolute Gasteiger partial charge is 0.478 e. The van der Waals surface area contributed by atoms with E-state index in [4.69, 9.17) is 5.11 Å². The van der Waals surface area contributed by atoms with Crippen LogP contribution in [0.1, 0.15) is 10.4 Å². The fraction of sp³-hybridized carbons (Fsp3) is 0. The predicted molar refractivity (Wildman–Crippen MR) is 76.2 cm³/mol. The van der Waals surface area contributed by atoms with Crippen molar-refractivity contribution in [3.63, 3.8) is 0 Å². The smallest absolute Gasteiger partial charge is 0.335 e. The second-order valence-corrected chi connectivity index (χ2v) is 7.25. The molecule has 0 aliphatic carbocycles. The Balaban J connectivity index is 2.32. The van der Waals surface area contributed by atoms with Gasteiger partial charge in [-0.25, -0.2) is 13.2 Å². The van der Waals surface area contributed by atoms with Crippen LogP contribution in [0.3, 0.4) is 0 Å². The molecule has 2 aromatic rings. The summed E-state index contributed by atoms with van der Waals surface area (Å²) >= 11 is 4.25. The van der Waals surface area contributed by atoms with Crippen molar-refractivity contribution in [1.82, 2.24) is 0 Å². The van der Waals surface area contributed by atoms with Crippen LogP contribution in [0.5, 0.6) is 0 Å². The molecule has 0 saturated carbocycles. The number of thiophene rings is 1. The molecule has 0 unspecified atom stereocenters. The van der Waals surface area contributed by atoms with Gasteiger partial charge in [-0.15, -0.1) is 11.3 Å². The lowest BCUT2D eigenvalue weighted by molar-refractivity contribution is 0.0697. The Hall–Kier alpha value is -1.38. The van der Waals surface area contributed by atoms with E-state index in [2.05, 4.69) is 20.7 Å². The second kappa shape index (κ2) is 5.32. The van der Waals surface area contributed by atoms with Gasteiger partial charge in [0.25, 0.3) is 10.0 Å². The summed E-state index contributed by atoms with van der Waals surface area (Å²) in [6.45, 7) is 0. The first-order valence-electron chi connectivity index (χ1n) is 4.99. The maximum absolute atomic E-state index is 12.0. The van der Waals surface area contributed by atoms with Gasteiger partial charge in [-0.05, 0) is 45.6 Å². The summed E-state index contributed by atoms with van der Waals surface area (Å²) in [6.07, 6.45) is 0. The van der Waals surface area contributed by atoms with Crippen LogP contribution in [0.4, 0.5) is 5.69 Å². The number of aromatic carboxylic acids is 1. The van der Waals surface area contributed by atoms with Crippen LogP contribution in [0, 0.1) is 0 Å². The topological polar surface area (TPSA) is 83.5 Å². The van der Waals surface area contributed by atoms with Crippen molar-refractivity contribution in [2.24, 2.45) is 0 Å². The van der Waals surface area contributed by atoms with Crippen molar-refractivity contribution in [3.8, 4) is 0 Å². The molecule has 2 N–H and O–H groups in total. The monoisotopic (exact) mass is 361 g/mol. The highest BCUT2D eigenvalue weighted by Crippen LogP contribution is 2.27. The van der Waals surface area contributed by atoms with Crippen molar-refractivity contribution in [1.29, 1.82) is 0 Å². The zero-order valence-electron chi connectivity index (χ0n) is 9.33. The molecular formula is C11H8BrNO4S2. The summed E-state index contributed by atoms with van der Waals surface area (Å²) in [5.41, 5.74) is 0.365. The van der Waals surface area contributed by atoms with Crippen LogP contribution in [0.2, 0.25) is 0 Å². The summed E-state index contributed by atoms with van der Waals surface area (Å²) in [5, 5.41) is 10.5. The molecule has 8 heteroatoms. The first-order valence-corrected chi connectivity index (χ1v) is 8.15. The van der Waals surface area contributed by atoms with E-state index < -0.39 is 16.0 Å². The second-order valence-electron chi connectivity index (χ2n) is 3.54. The standard InChI is InChI=1S/C11H8BrNO4S2/c12-8-6-7(11(14)15)3-4-9(8)13-19(16,17)10-2-1-5-18-10/h1-6,13H,(H,14,15). The van der Waals surface area contributed by atoms with Gasteiger partial charge in [-0.1, -0.05) is 6.07 Å². The van der Waals surface area contributed by atoms with Crippen molar-refractivity contribution >= 4 is 48.9 Å². The molecule has 1 aromatic heterocycles. The molecule has 19 heavy (non-hydrogen) atoms. The fourth-order valence-corrected chi connectivity index (χ4v) is 4.02. The Bertz CT molecular complexity index is 710. The van der Waals surface area contributed by atoms with Crippen LogP contribution in [0.15, 0.2) is 44.4 Å². The number of sulfonamides is 1.